The van der Waals surface area contributed by atoms with Gasteiger partial charge in [-0.25, -0.2) is 4.98 Å². The van der Waals surface area contributed by atoms with Gasteiger partial charge in [0, 0.05) is 5.56 Å². The van der Waals surface area contributed by atoms with Gasteiger partial charge in [0.15, 0.2) is 0 Å². The summed E-state index contributed by atoms with van der Waals surface area (Å²) in [6.45, 7) is 0.923. The number of amides is 1. The standard InChI is InChI=1S/C25H19F3N4O2/c1-24(15-29,16-32-21-10-6-5-9-20(21)30-23(32)25(26,27)28)31-22(33)17-11-13-19(14-12-17)34-18-7-3-2-4-8-18/h2-14H,16H2,1H3,(H,31,33). The lowest BCUT2D eigenvalue weighted by Gasteiger charge is -2.25. The molecule has 1 aromatic heterocycles. The minimum absolute atomic E-state index is 0.149. The summed E-state index contributed by atoms with van der Waals surface area (Å²) >= 11 is 0. The predicted octanol–water partition coefficient (Wildman–Crippen LogP) is 5.56. The van der Waals surface area contributed by atoms with Gasteiger partial charge in [0.1, 0.15) is 17.0 Å². The molecule has 172 valence electrons. The normalized spacial score (nSPS) is 13.1. The first-order valence-electron chi connectivity index (χ1n) is 10.3. The number of halogens is 3. The number of benzene rings is 3. The van der Waals surface area contributed by atoms with E-state index in [-0.39, 0.29) is 16.6 Å². The molecule has 4 aromatic rings. The van der Waals surface area contributed by atoms with Crippen LogP contribution in [0.4, 0.5) is 13.2 Å². The smallest absolute Gasteiger partial charge is 0.449 e. The summed E-state index contributed by atoms with van der Waals surface area (Å²) in [5, 5.41) is 12.3. The average Bonchev–Trinajstić information content (AvgIpc) is 3.19. The molecule has 0 radical (unpaired) electrons. The van der Waals surface area contributed by atoms with Crippen LogP contribution in [-0.2, 0) is 12.7 Å². The fourth-order valence-corrected chi connectivity index (χ4v) is 3.49. The van der Waals surface area contributed by atoms with Gasteiger partial charge in [-0.1, -0.05) is 30.3 Å². The van der Waals surface area contributed by atoms with Gasteiger partial charge in [0.25, 0.3) is 5.91 Å². The molecule has 0 spiro atoms. The van der Waals surface area contributed by atoms with Crippen molar-refractivity contribution in [1.29, 1.82) is 5.26 Å². The lowest BCUT2D eigenvalue weighted by atomic mass is 10.0. The van der Waals surface area contributed by atoms with Crippen LogP contribution in [0, 0.1) is 11.3 Å². The Morgan fingerprint density at radius 2 is 1.62 bits per heavy atom. The number of para-hydroxylation sites is 3. The lowest BCUT2D eigenvalue weighted by Crippen LogP contribution is -2.48. The van der Waals surface area contributed by atoms with Crippen LogP contribution in [0.25, 0.3) is 11.0 Å². The third-order valence-electron chi connectivity index (χ3n) is 5.11. The molecule has 4 rings (SSSR count). The molecule has 0 aliphatic heterocycles. The second-order valence-corrected chi connectivity index (χ2v) is 7.85. The Kier molecular flexibility index (Phi) is 5.99. The van der Waals surface area contributed by atoms with E-state index in [0.29, 0.717) is 11.5 Å². The number of aromatic nitrogens is 2. The van der Waals surface area contributed by atoms with Crippen LogP contribution in [0.3, 0.4) is 0 Å². The van der Waals surface area contributed by atoms with E-state index in [0.717, 1.165) is 4.57 Å². The zero-order valence-electron chi connectivity index (χ0n) is 18.0. The summed E-state index contributed by atoms with van der Waals surface area (Å²) in [7, 11) is 0. The van der Waals surface area contributed by atoms with Crippen molar-refractivity contribution in [3.05, 3.63) is 90.3 Å². The highest BCUT2D eigenvalue weighted by atomic mass is 19.4. The fourth-order valence-electron chi connectivity index (χ4n) is 3.49. The van der Waals surface area contributed by atoms with E-state index < -0.39 is 30.0 Å². The van der Waals surface area contributed by atoms with Crippen molar-refractivity contribution in [2.24, 2.45) is 0 Å². The van der Waals surface area contributed by atoms with Crippen molar-refractivity contribution in [3.63, 3.8) is 0 Å². The van der Waals surface area contributed by atoms with E-state index in [1.165, 1.54) is 31.2 Å². The van der Waals surface area contributed by atoms with Crippen molar-refractivity contribution < 1.29 is 22.7 Å². The number of ether oxygens (including phenoxy) is 1. The highest BCUT2D eigenvalue weighted by Gasteiger charge is 2.40. The molecule has 9 heteroatoms. The molecule has 0 aliphatic carbocycles. The maximum atomic E-state index is 13.6. The van der Waals surface area contributed by atoms with Crippen LogP contribution < -0.4 is 10.1 Å². The maximum Gasteiger partial charge on any atom is 0.449 e. The molecule has 1 heterocycles. The fraction of sp³-hybridized carbons (Fsp3) is 0.160. The van der Waals surface area contributed by atoms with E-state index in [2.05, 4.69) is 10.3 Å². The van der Waals surface area contributed by atoms with Gasteiger partial charge < -0.3 is 14.6 Å². The van der Waals surface area contributed by atoms with Crippen LogP contribution >= 0.6 is 0 Å². The van der Waals surface area contributed by atoms with E-state index in [1.54, 1.807) is 36.4 Å². The van der Waals surface area contributed by atoms with Gasteiger partial charge >= 0.3 is 6.18 Å². The molecule has 1 N–H and O–H groups in total. The quantitative estimate of drug-likeness (QED) is 0.405. The van der Waals surface area contributed by atoms with Crippen molar-refractivity contribution >= 4 is 16.9 Å². The van der Waals surface area contributed by atoms with Gasteiger partial charge in [0.05, 0.1) is 23.6 Å². The van der Waals surface area contributed by atoms with Crippen LogP contribution in [0.1, 0.15) is 23.1 Å². The maximum absolute atomic E-state index is 13.6. The third-order valence-corrected chi connectivity index (χ3v) is 5.11. The monoisotopic (exact) mass is 464 g/mol. The minimum Gasteiger partial charge on any atom is -0.457 e. The van der Waals surface area contributed by atoms with E-state index in [1.807, 2.05) is 24.3 Å². The molecule has 0 bridgehead atoms. The molecular weight excluding hydrogens is 445 g/mol. The molecule has 1 unspecified atom stereocenters. The number of carbonyl (C=O) groups is 1. The summed E-state index contributed by atoms with van der Waals surface area (Å²) in [6.07, 6.45) is -4.73. The Morgan fingerprint density at radius 3 is 2.26 bits per heavy atom. The molecule has 6 nitrogen and oxygen atoms in total. The molecule has 3 aromatic carbocycles. The number of fused-ring (bicyclic) bond motifs is 1. The lowest BCUT2D eigenvalue weighted by molar-refractivity contribution is -0.147. The molecule has 0 aliphatic rings. The molecule has 1 amide bonds. The van der Waals surface area contributed by atoms with Gasteiger partial charge in [-0.2, -0.15) is 18.4 Å². The Hall–Kier alpha value is -4.32. The summed E-state index contributed by atoms with van der Waals surface area (Å²) in [4.78, 5) is 16.5. The van der Waals surface area contributed by atoms with Crippen LogP contribution in [0.15, 0.2) is 78.9 Å². The van der Waals surface area contributed by atoms with E-state index >= 15 is 0 Å². The summed E-state index contributed by atoms with van der Waals surface area (Å²) in [5.41, 5.74) is -1.04. The Morgan fingerprint density at radius 1 is 1.00 bits per heavy atom. The largest absolute Gasteiger partial charge is 0.457 e. The Bertz CT molecular complexity index is 1360. The molecule has 0 saturated heterocycles. The number of hydrogen-bond donors (Lipinski definition) is 1. The first kappa shape index (κ1) is 22.9. The van der Waals surface area contributed by atoms with Gasteiger partial charge in [-0.3, -0.25) is 4.79 Å². The minimum atomic E-state index is -4.73. The highest BCUT2D eigenvalue weighted by molar-refractivity contribution is 5.95. The van der Waals surface area contributed by atoms with Gasteiger partial charge in [-0.15, -0.1) is 0 Å². The molecule has 1 atom stereocenters. The van der Waals surface area contributed by atoms with Crippen molar-refractivity contribution in [1.82, 2.24) is 14.9 Å². The van der Waals surface area contributed by atoms with Crippen LogP contribution in [0.2, 0.25) is 0 Å². The number of nitrogens with one attached hydrogen (secondary N) is 1. The van der Waals surface area contributed by atoms with Crippen LogP contribution in [-0.4, -0.2) is 21.0 Å². The number of alkyl halides is 3. The number of carbonyl (C=O) groups excluding carboxylic acids is 1. The van der Waals surface area contributed by atoms with E-state index in [9.17, 15) is 23.2 Å². The summed E-state index contributed by atoms with van der Waals surface area (Å²) < 4.78 is 47.5. The third kappa shape index (κ3) is 4.86. The first-order chi connectivity index (χ1) is 16.2. The van der Waals surface area contributed by atoms with Crippen molar-refractivity contribution in [2.45, 2.75) is 25.2 Å². The number of nitriles is 1. The van der Waals surface area contributed by atoms with E-state index in [4.69, 9.17) is 4.74 Å². The Balaban J connectivity index is 1.55. The average molecular weight is 464 g/mol. The van der Waals surface area contributed by atoms with Gasteiger partial charge in [-0.05, 0) is 55.5 Å². The predicted molar refractivity (Wildman–Crippen MR) is 119 cm³/mol. The molecule has 0 saturated carbocycles. The molecule has 0 fully saturated rings. The second-order valence-electron chi connectivity index (χ2n) is 7.85. The number of hydrogen-bond acceptors (Lipinski definition) is 4. The summed E-state index contributed by atoms with van der Waals surface area (Å²) in [6, 6.07) is 23.3. The SMILES string of the molecule is CC(C#N)(Cn1c(C(F)(F)F)nc2ccccc21)NC(=O)c1ccc(Oc2ccccc2)cc1. The number of imidazole rings is 1. The van der Waals surface area contributed by atoms with Crippen molar-refractivity contribution in [2.75, 3.05) is 0 Å². The summed E-state index contributed by atoms with van der Waals surface area (Å²) in [5.74, 6) is -0.601. The Labute approximate surface area is 193 Å². The molecule has 34 heavy (non-hydrogen) atoms. The number of nitrogens with zero attached hydrogens (tertiary/aromatic N) is 3. The zero-order chi connectivity index (χ0) is 24.3. The van der Waals surface area contributed by atoms with Gasteiger partial charge in [0.2, 0.25) is 5.82 Å². The topological polar surface area (TPSA) is 79.9 Å². The second kappa shape index (κ2) is 8.90. The highest BCUT2D eigenvalue weighted by Crippen LogP contribution is 2.32. The van der Waals surface area contributed by atoms with Crippen molar-refractivity contribution in [3.8, 4) is 17.6 Å². The molecular formula is C25H19F3N4O2. The first-order valence-corrected chi connectivity index (χ1v) is 10.3. The number of rotatable bonds is 6. The van der Waals surface area contributed by atoms with Crippen LogP contribution in [0.5, 0.6) is 11.5 Å². The zero-order valence-corrected chi connectivity index (χ0v) is 18.0.